The molecule has 0 aromatic carbocycles. The predicted molar refractivity (Wildman–Crippen MR) is 70.3 cm³/mol. The van der Waals surface area contributed by atoms with Crippen LogP contribution in [0.15, 0.2) is 0 Å². The van der Waals surface area contributed by atoms with Gasteiger partial charge in [-0.3, -0.25) is 10.2 Å². The smallest absolute Gasteiger partial charge is 0.234 e. The Morgan fingerprint density at radius 3 is 2.29 bits per heavy atom. The Morgan fingerprint density at radius 1 is 1.24 bits per heavy atom. The number of carbonyl (C=O) groups is 1. The summed E-state index contributed by atoms with van der Waals surface area (Å²) >= 11 is 0. The molecule has 0 fully saturated rings. The van der Waals surface area contributed by atoms with Gasteiger partial charge in [-0.1, -0.05) is 27.2 Å². The summed E-state index contributed by atoms with van der Waals surface area (Å²) in [5, 5.41) is 0. The van der Waals surface area contributed by atoms with Crippen LogP contribution in [0.5, 0.6) is 0 Å². The lowest BCUT2D eigenvalue weighted by Crippen LogP contribution is -2.34. The highest BCUT2D eigenvalue weighted by Crippen LogP contribution is 2.26. The number of ether oxygens (including phenoxy) is 1. The van der Waals surface area contributed by atoms with Gasteiger partial charge >= 0.3 is 0 Å². The molecule has 0 bridgehead atoms. The molecule has 0 saturated heterocycles. The Balaban J connectivity index is 3.98. The molecule has 0 aliphatic heterocycles. The molecule has 0 spiro atoms. The maximum atomic E-state index is 11.2. The zero-order valence-corrected chi connectivity index (χ0v) is 11.9. The number of hydrogen-bond acceptors (Lipinski definition) is 3. The van der Waals surface area contributed by atoms with Crippen LogP contribution >= 0.6 is 0 Å². The molecule has 3 N–H and O–H groups in total. The molecule has 4 heteroatoms. The molecule has 0 saturated carbocycles. The highest BCUT2D eigenvalue weighted by molar-refractivity contribution is 5.75. The van der Waals surface area contributed by atoms with Gasteiger partial charge in [-0.05, 0) is 32.1 Å². The number of rotatable bonds is 8. The zero-order valence-electron chi connectivity index (χ0n) is 11.9. The second-order valence-electron chi connectivity index (χ2n) is 6.02. The number of hydrogen-bond donors (Lipinski definition) is 2. The SMILES string of the molecule is CCCC(C)(C)OCCC(C)(C)CC(=O)NN. The molecule has 0 unspecified atom stereocenters. The topological polar surface area (TPSA) is 64.3 Å². The van der Waals surface area contributed by atoms with Gasteiger partial charge in [0.05, 0.1) is 5.60 Å². The van der Waals surface area contributed by atoms with Crippen molar-refractivity contribution in [2.24, 2.45) is 11.3 Å². The summed E-state index contributed by atoms with van der Waals surface area (Å²) in [5.74, 6) is 4.96. The Hall–Kier alpha value is -0.610. The Labute approximate surface area is 105 Å². The van der Waals surface area contributed by atoms with E-state index in [0.717, 1.165) is 19.3 Å². The average Bonchev–Trinajstić information content (AvgIpc) is 2.15. The molecule has 0 aromatic heterocycles. The van der Waals surface area contributed by atoms with E-state index in [4.69, 9.17) is 10.6 Å². The lowest BCUT2D eigenvalue weighted by Gasteiger charge is -2.29. The normalized spacial score (nSPS) is 12.6. The van der Waals surface area contributed by atoms with E-state index in [2.05, 4.69) is 40.0 Å². The zero-order chi connectivity index (χ0) is 13.5. The van der Waals surface area contributed by atoms with Crippen molar-refractivity contribution < 1.29 is 9.53 Å². The van der Waals surface area contributed by atoms with Gasteiger partial charge in [0.15, 0.2) is 0 Å². The Morgan fingerprint density at radius 2 is 1.82 bits per heavy atom. The van der Waals surface area contributed by atoms with Gasteiger partial charge in [0.25, 0.3) is 0 Å². The van der Waals surface area contributed by atoms with Crippen molar-refractivity contribution in [2.45, 2.75) is 65.9 Å². The summed E-state index contributed by atoms with van der Waals surface area (Å²) in [6.45, 7) is 11.2. The fourth-order valence-electron chi connectivity index (χ4n) is 1.85. The maximum Gasteiger partial charge on any atom is 0.234 e. The lowest BCUT2D eigenvalue weighted by molar-refractivity contribution is -0.123. The van der Waals surface area contributed by atoms with Crippen LogP contribution in [0.25, 0.3) is 0 Å². The Kier molecular flexibility index (Phi) is 6.72. The number of carbonyl (C=O) groups excluding carboxylic acids is 1. The minimum atomic E-state index is -0.122. The number of nitrogens with one attached hydrogen (secondary N) is 1. The number of nitrogens with two attached hydrogens (primary N) is 1. The first-order chi connectivity index (χ1) is 7.72. The largest absolute Gasteiger partial charge is 0.376 e. The van der Waals surface area contributed by atoms with Gasteiger partial charge in [-0.15, -0.1) is 0 Å². The highest BCUT2D eigenvalue weighted by atomic mass is 16.5. The van der Waals surface area contributed by atoms with Gasteiger partial charge in [0.1, 0.15) is 0 Å². The van der Waals surface area contributed by atoms with Crippen molar-refractivity contribution in [3.8, 4) is 0 Å². The fraction of sp³-hybridized carbons (Fsp3) is 0.923. The third-order valence-electron chi connectivity index (χ3n) is 2.92. The van der Waals surface area contributed by atoms with E-state index in [1.165, 1.54) is 0 Å². The molecule has 1 amide bonds. The first-order valence-electron chi connectivity index (χ1n) is 6.36. The van der Waals surface area contributed by atoms with Gasteiger partial charge < -0.3 is 4.74 Å². The molecule has 0 aliphatic rings. The molecular formula is C13H28N2O2. The third kappa shape index (κ3) is 8.16. The second kappa shape index (κ2) is 6.97. The van der Waals surface area contributed by atoms with Crippen LogP contribution in [-0.2, 0) is 9.53 Å². The summed E-state index contributed by atoms with van der Waals surface area (Å²) in [7, 11) is 0. The van der Waals surface area contributed by atoms with Crippen molar-refractivity contribution in [1.29, 1.82) is 0 Å². The van der Waals surface area contributed by atoms with Gasteiger partial charge in [-0.2, -0.15) is 0 Å². The van der Waals surface area contributed by atoms with Gasteiger partial charge in [0, 0.05) is 13.0 Å². The van der Waals surface area contributed by atoms with E-state index < -0.39 is 0 Å². The predicted octanol–water partition coefficient (Wildman–Crippen LogP) is 2.38. The lowest BCUT2D eigenvalue weighted by atomic mass is 9.85. The van der Waals surface area contributed by atoms with E-state index in [-0.39, 0.29) is 16.9 Å². The molecule has 0 aliphatic carbocycles. The Bertz CT molecular complexity index is 238. The molecule has 0 rings (SSSR count). The summed E-state index contributed by atoms with van der Waals surface area (Å²) in [5.41, 5.74) is 2.02. The second-order valence-corrected chi connectivity index (χ2v) is 6.02. The van der Waals surface area contributed by atoms with Crippen LogP contribution in [0.1, 0.15) is 60.3 Å². The van der Waals surface area contributed by atoms with Crippen molar-refractivity contribution in [3.63, 3.8) is 0 Å². The van der Waals surface area contributed by atoms with Crippen LogP contribution in [0.4, 0.5) is 0 Å². The van der Waals surface area contributed by atoms with Crippen molar-refractivity contribution in [1.82, 2.24) is 5.43 Å². The summed E-state index contributed by atoms with van der Waals surface area (Å²) in [4.78, 5) is 11.2. The van der Waals surface area contributed by atoms with Crippen molar-refractivity contribution >= 4 is 5.91 Å². The third-order valence-corrected chi connectivity index (χ3v) is 2.92. The van der Waals surface area contributed by atoms with E-state index in [9.17, 15) is 4.79 Å². The summed E-state index contributed by atoms with van der Waals surface area (Å²) in [6.07, 6.45) is 3.46. The fourth-order valence-corrected chi connectivity index (χ4v) is 1.85. The minimum Gasteiger partial charge on any atom is -0.376 e. The van der Waals surface area contributed by atoms with Crippen molar-refractivity contribution in [3.05, 3.63) is 0 Å². The minimum absolute atomic E-state index is 0.0685. The molecule has 17 heavy (non-hydrogen) atoms. The summed E-state index contributed by atoms with van der Waals surface area (Å²) in [6, 6.07) is 0. The van der Waals surface area contributed by atoms with E-state index in [1.54, 1.807) is 0 Å². The van der Waals surface area contributed by atoms with Crippen LogP contribution < -0.4 is 11.3 Å². The average molecular weight is 244 g/mol. The molecule has 102 valence electrons. The molecule has 4 nitrogen and oxygen atoms in total. The summed E-state index contributed by atoms with van der Waals surface area (Å²) < 4.78 is 5.86. The monoisotopic (exact) mass is 244 g/mol. The van der Waals surface area contributed by atoms with E-state index >= 15 is 0 Å². The van der Waals surface area contributed by atoms with Gasteiger partial charge in [-0.25, -0.2) is 5.84 Å². The quantitative estimate of drug-likeness (QED) is 0.391. The van der Waals surface area contributed by atoms with Gasteiger partial charge in [0.2, 0.25) is 5.91 Å². The molecular weight excluding hydrogens is 216 g/mol. The standard InChI is InChI=1S/C13H28N2O2/c1-6-7-13(4,5)17-9-8-12(2,3)10-11(16)15-14/h6-10,14H2,1-5H3,(H,15,16). The van der Waals surface area contributed by atoms with Crippen LogP contribution in [-0.4, -0.2) is 18.1 Å². The number of hydrazine groups is 1. The first-order valence-corrected chi connectivity index (χ1v) is 6.36. The number of amides is 1. The van der Waals surface area contributed by atoms with E-state index in [0.29, 0.717) is 13.0 Å². The molecule has 0 radical (unpaired) electrons. The van der Waals surface area contributed by atoms with Crippen LogP contribution in [0, 0.1) is 5.41 Å². The molecule has 0 heterocycles. The first kappa shape index (κ1) is 16.4. The van der Waals surface area contributed by atoms with Crippen LogP contribution in [0.3, 0.4) is 0 Å². The van der Waals surface area contributed by atoms with E-state index in [1.807, 2.05) is 0 Å². The highest BCUT2D eigenvalue weighted by Gasteiger charge is 2.23. The van der Waals surface area contributed by atoms with Crippen molar-refractivity contribution in [2.75, 3.05) is 6.61 Å². The molecule has 0 aromatic rings. The van der Waals surface area contributed by atoms with Crippen LogP contribution in [0.2, 0.25) is 0 Å². The maximum absolute atomic E-state index is 11.2. The molecule has 0 atom stereocenters.